The molecule has 0 aromatic carbocycles. The number of nitrogens with zero attached hydrogens (tertiary/aromatic N) is 2. The molecule has 3 saturated heterocycles. The summed E-state index contributed by atoms with van der Waals surface area (Å²) in [6, 6.07) is -0.0951. The number of hydrogen-bond acceptors (Lipinski definition) is 5. The fourth-order valence-electron chi connectivity index (χ4n) is 6.94. The van der Waals surface area contributed by atoms with Gasteiger partial charge in [-0.05, 0) is 50.4 Å². The minimum Gasteiger partial charge on any atom is -0.295 e. The first-order valence-corrected chi connectivity index (χ1v) is 11.3. The van der Waals surface area contributed by atoms with E-state index >= 15 is 0 Å². The van der Waals surface area contributed by atoms with Crippen LogP contribution in [0.15, 0.2) is 0 Å². The third kappa shape index (κ3) is 1.82. The van der Waals surface area contributed by atoms with Crippen LogP contribution in [0.25, 0.3) is 0 Å². The molecule has 0 radical (unpaired) electrons. The van der Waals surface area contributed by atoms with Crippen molar-refractivity contribution < 1.29 is 18.0 Å². The van der Waals surface area contributed by atoms with E-state index in [1.165, 1.54) is 4.31 Å². The summed E-state index contributed by atoms with van der Waals surface area (Å²) >= 11 is 0. The van der Waals surface area contributed by atoms with Crippen LogP contribution in [0.1, 0.15) is 52.9 Å². The second kappa shape index (κ2) is 4.78. The molecule has 6 nitrogen and oxygen atoms in total. The summed E-state index contributed by atoms with van der Waals surface area (Å²) in [5, 5.41) is 1.91. The average molecular weight is 368 g/mol. The van der Waals surface area contributed by atoms with Gasteiger partial charge in [-0.3, -0.25) is 9.63 Å². The molecular formula is C18H28N2O4S. The molecule has 3 unspecified atom stereocenters. The number of carbonyl (C=O) groups is 1. The third-order valence-electron chi connectivity index (χ3n) is 8.38. The zero-order valence-corrected chi connectivity index (χ0v) is 16.1. The predicted molar refractivity (Wildman–Crippen MR) is 91.7 cm³/mol. The summed E-state index contributed by atoms with van der Waals surface area (Å²) in [6.07, 6.45) is 4.56. The molecule has 2 saturated carbocycles. The number of amides is 1. The van der Waals surface area contributed by atoms with Gasteiger partial charge in [-0.25, -0.2) is 12.7 Å². The van der Waals surface area contributed by atoms with Gasteiger partial charge in [-0.1, -0.05) is 13.8 Å². The average Bonchev–Trinajstić information content (AvgIpc) is 3.21. The molecule has 3 heterocycles. The lowest BCUT2D eigenvalue weighted by Crippen LogP contribution is -2.49. The Labute approximate surface area is 149 Å². The molecule has 25 heavy (non-hydrogen) atoms. The van der Waals surface area contributed by atoms with Crippen molar-refractivity contribution in [2.75, 3.05) is 12.3 Å². The number of hydroxylamine groups is 2. The monoisotopic (exact) mass is 368 g/mol. The third-order valence-corrected chi connectivity index (χ3v) is 10.3. The highest BCUT2D eigenvalue weighted by Gasteiger charge is 2.73. The van der Waals surface area contributed by atoms with Crippen molar-refractivity contribution in [2.45, 2.75) is 71.1 Å². The van der Waals surface area contributed by atoms with Crippen molar-refractivity contribution in [3.63, 3.8) is 0 Å². The lowest BCUT2D eigenvalue weighted by atomic mass is 9.69. The van der Waals surface area contributed by atoms with Crippen molar-refractivity contribution in [3.8, 4) is 0 Å². The summed E-state index contributed by atoms with van der Waals surface area (Å²) in [6.45, 7) is 7.18. The fourth-order valence-corrected chi connectivity index (χ4v) is 9.51. The standard InChI is InChI=1S/C18H28N2O4S/c1-11-15(13-5-4-8-19(13)24-11)16(21)20-14-9-12-6-7-18(14,17(12,2)3)10-25(20,22)23/h11-15H,4-10H2,1-3H3/t11-,12?,13-,14?,15-,18?/m1/s1. The van der Waals surface area contributed by atoms with Crippen LogP contribution in [-0.2, 0) is 19.7 Å². The molecule has 0 N–H and O–H groups in total. The van der Waals surface area contributed by atoms with Crippen LogP contribution in [0, 0.1) is 22.7 Å². The van der Waals surface area contributed by atoms with Crippen molar-refractivity contribution >= 4 is 15.9 Å². The summed E-state index contributed by atoms with van der Waals surface area (Å²) in [4.78, 5) is 19.3. The van der Waals surface area contributed by atoms with Gasteiger partial charge in [-0.15, -0.1) is 0 Å². The van der Waals surface area contributed by atoms with Gasteiger partial charge in [0.05, 0.1) is 23.8 Å². The van der Waals surface area contributed by atoms with Crippen molar-refractivity contribution in [2.24, 2.45) is 22.7 Å². The van der Waals surface area contributed by atoms with Crippen LogP contribution in [0.2, 0.25) is 0 Å². The van der Waals surface area contributed by atoms with Crippen LogP contribution in [0.5, 0.6) is 0 Å². The highest BCUT2D eigenvalue weighted by Crippen LogP contribution is 2.70. The van der Waals surface area contributed by atoms with Crippen LogP contribution < -0.4 is 0 Å². The zero-order chi connectivity index (χ0) is 17.8. The molecule has 6 atom stereocenters. The topological polar surface area (TPSA) is 66.9 Å². The van der Waals surface area contributed by atoms with E-state index in [2.05, 4.69) is 13.8 Å². The highest BCUT2D eigenvalue weighted by atomic mass is 32.2. The summed E-state index contributed by atoms with van der Waals surface area (Å²) in [5.74, 6) is 0.126. The molecule has 5 fully saturated rings. The van der Waals surface area contributed by atoms with Crippen LogP contribution in [-0.4, -0.2) is 54.2 Å². The molecule has 0 aromatic heterocycles. The molecule has 7 heteroatoms. The quantitative estimate of drug-likeness (QED) is 0.706. The molecule has 140 valence electrons. The van der Waals surface area contributed by atoms with Crippen LogP contribution in [0.4, 0.5) is 0 Å². The normalized spacial score (nSPS) is 49.6. The van der Waals surface area contributed by atoms with E-state index in [-0.39, 0.29) is 46.6 Å². The Bertz CT molecular complexity index is 735. The van der Waals surface area contributed by atoms with Gasteiger partial charge in [0.25, 0.3) is 0 Å². The second-order valence-electron chi connectivity index (χ2n) is 9.44. The van der Waals surface area contributed by atoms with Gasteiger partial charge in [0.15, 0.2) is 0 Å². The number of fused-ring (bicyclic) bond motifs is 2. The number of sulfonamides is 1. The first-order valence-electron chi connectivity index (χ1n) is 9.68. The van der Waals surface area contributed by atoms with Gasteiger partial charge in [0.1, 0.15) is 0 Å². The maximum Gasteiger partial charge on any atom is 0.243 e. The molecular weight excluding hydrogens is 340 g/mol. The lowest BCUT2D eigenvalue weighted by Gasteiger charge is -2.37. The van der Waals surface area contributed by atoms with E-state index in [1.807, 2.05) is 12.0 Å². The molecule has 3 aliphatic heterocycles. The zero-order valence-electron chi connectivity index (χ0n) is 15.3. The Balaban J connectivity index is 1.53. The first kappa shape index (κ1) is 16.5. The largest absolute Gasteiger partial charge is 0.295 e. The van der Waals surface area contributed by atoms with E-state index in [4.69, 9.17) is 4.84 Å². The van der Waals surface area contributed by atoms with Gasteiger partial charge in [-0.2, -0.15) is 5.06 Å². The highest BCUT2D eigenvalue weighted by molar-refractivity contribution is 7.90. The Morgan fingerprint density at radius 3 is 2.72 bits per heavy atom. The number of hydrogen-bond donors (Lipinski definition) is 0. The first-order chi connectivity index (χ1) is 11.7. The van der Waals surface area contributed by atoms with Crippen molar-refractivity contribution in [1.29, 1.82) is 0 Å². The Kier molecular flexibility index (Phi) is 3.16. The Morgan fingerprint density at radius 1 is 1.24 bits per heavy atom. The Morgan fingerprint density at radius 2 is 2.00 bits per heavy atom. The van der Waals surface area contributed by atoms with Crippen LogP contribution >= 0.6 is 0 Å². The van der Waals surface area contributed by atoms with E-state index in [0.717, 1.165) is 38.6 Å². The van der Waals surface area contributed by atoms with Gasteiger partial charge >= 0.3 is 0 Å². The van der Waals surface area contributed by atoms with Gasteiger partial charge in [0, 0.05) is 18.0 Å². The second-order valence-corrected chi connectivity index (χ2v) is 11.3. The van der Waals surface area contributed by atoms with Gasteiger partial charge < -0.3 is 0 Å². The molecule has 1 spiro atoms. The van der Waals surface area contributed by atoms with E-state index in [1.54, 1.807) is 0 Å². The minimum absolute atomic E-state index is 0.00302. The number of rotatable bonds is 1. The minimum atomic E-state index is -3.54. The Hall–Kier alpha value is -0.660. The molecule has 2 aliphatic carbocycles. The molecule has 5 aliphatic rings. The summed E-state index contributed by atoms with van der Waals surface area (Å²) in [7, 11) is -3.54. The number of carbonyl (C=O) groups excluding carboxylic acids is 1. The maximum absolute atomic E-state index is 13.5. The smallest absolute Gasteiger partial charge is 0.243 e. The SMILES string of the molecule is C[C@H]1ON2CCC[C@@H]2[C@@H]1C(=O)N1C2CC3CCC2(CS1(=O)=O)C3(C)C. The maximum atomic E-state index is 13.5. The van der Waals surface area contributed by atoms with Crippen molar-refractivity contribution in [1.82, 2.24) is 9.37 Å². The van der Waals surface area contributed by atoms with E-state index in [9.17, 15) is 13.2 Å². The lowest BCUT2D eigenvalue weighted by molar-refractivity contribution is -0.145. The summed E-state index contributed by atoms with van der Waals surface area (Å²) < 4.78 is 27.5. The molecule has 5 rings (SSSR count). The molecule has 0 aromatic rings. The molecule has 2 bridgehead atoms. The van der Waals surface area contributed by atoms with E-state index in [0.29, 0.717) is 5.92 Å². The van der Waals surface area contributed by atoms with Crippen LogP contribution in [0.3, 0.4) is 0 Å². The van der Waals surface area contributed by atoms with Crippen molar-refractivity contribution in [3.05, 3.63) is 0 Å². The molecule has 1 amide bonds. The predicted octanol–water partition coefficient (Wildman–Crippen LogP) is 1.77. The summed E-state index contributed by atoms with van der Waals surface area (Å²) in [5.41, 5.74) is -0.249. The van der Waals surface area contributed by atoms with E-state index < -0.39 is 10.0 Å². The fraction of sp³-hybridized carbons (Fsp3) is 0.944. The van der Waals surface area contributed by atoms with Gasteiger partial charge in [0.2, 0.25) is 15.9 Å².